The van der Waals surface area contributed by atoms with Gasteiger partial charge >= 0.3 is 0 Å². The normalized spacial score (nSPS) is 38.9. The Morgan fingerprint density at radius 1 is 1.33 bits per heavy atom. The smallest absolute Gasteiger partial charge is 0.0167 e. The molecular weight excluding hydrogens is 180 g/mol. The topological polar surface area (TPSA) is 0 Å². The highest BCUT2D eigenvalue weighted by Gasteiger charge is 2.47. The van der Waals surface area contributed by atoms with Crippen molar-refractivity contribution >= 4 is 0 Å². The van der Waals surface area contributed by atoms with Crippen molar-refractivity contribution in [2.45, 2.75) is 52.9 Å². The van der Waals surface area contributed by atoms with Gasteiger partial charge in [0.15, 0.2) is 0 Å². The van der Waals surface area contributed by atoms with Gasteiger partial charge in [0.25, 0.3) is 0 Å². The van der Waals surface area contributed by atoms with Crippen molar-refractivity contribution in [1.29, 1.82) is 0 Å². The zero-order valence-electron chi connectivity index (χ0n) is 10.5. The van der Waals surface area contributed by atoms with E-state index in [1.165, 1.54) is 37.7 Å². The molecule has 2 aliphatic carbocycles. The largest absolute Gasteiger partial charge is 0.0996 e. The lowest BCUT2D eigenvalue weighted by Crippen LogP contribution is -2.44. The fourth-order valence-corrected chi connectivity index (χ4v) is 3.44. The van der Waals surface area contributed by atoms with Gasteiger partial charge < -0.3 is 0 Å². The Morgan fingerprint density at radius 2 is 2.07 bits per heavy atom. The second kappa shape index (κ2) is 3.81. The third-order valence-electron chi connectivity index (χ3n) is 4.57. The molecule has 0 heteroatoms. The zero-order valence-corrected chi connectivity index (χ0v) is 10.5. The van der Waals surface area contributed by atoms with E-state index in [-0.39, 0.29) is 0 Å². The summed E-state index contributed by atoms with van der Waals surface area (Å²) in [5, 5.41) is 0. The van der Waals surface area contributed by atoms with Crippen molar-refractivity contribution in [2.75, 3.05) is 0 Å². The first-order valence-corrected chi connectivity index (χ1v) is 6.34. The predicted molar refractivity (Wildman–Crippen MR) is 66.7 cm³/mol. The second-order valence-electron chi connectivity index (χ2n) is 6.19. The fourth-order valence-electron chi connectivity index (χ4n) is 3.44. The van der Waals surface area contributed by atoms with Crippen LogP contribution in [0.15, 0.2) is 23.8 Å². The van der Waals surface area contributed by atoms with Crippen LogP contribution in [0.4, 0.5) is 0 Å². The van der Waals surface area contributed by atoms with Gasteiger partial charge in [0.05, 0.1) is 0 Å². The lowest BCUT2D eigenvalue weighted by Gasteiger charge is -2.53. The summed E-state index contributed by atoms with van der Waals surface area (Å²) in [5.74, 6) is 1.73. The van der Waals surface area contributed by atoms with Crippen LogP contribution < -0.4 is 0 Å². The summed E-state index contributed by atoms with van der Waals surface area (Å²) in [6.45, 7) is 11.4. The van der Waals surface area contributed by atoms with Crippen LogP contribution in [0, 0.1) is 17.3 Å². The van der Waals surface area contributed by atoms with Crippen LogP contribution in [0.2, 0.25) is 0 Å². The Labute approximate surface area is 94.5 Å². The molecule has 0 aromatic rings. The Hall–Kier alpha value is -0.520. The van der Waals surface area contributed by atoms with Crippen LogP contribution in [-0.4, -0.2) is 0 Å². The Kier molecular flexibility index (Phi) is 2.79. The molecule has 15 heavy (non-hydrogen) atoms. The van der Waals surface area contributed by atoms with Gasteiger partial charge in [0.2, 0.25) is 0 Å². The van der Waals surface area contributed by atoms with E-state index in [0.29, 0.717) is 5.41 Å². The highest BCUT2D eigenvalue weighted by atomic mass is 14.5. The molecule has 0 heterocycles. The first kappa shape index (κ1) is 11.0. The summed E-state index contributed by atoms with van der Waals surface area (Å²) < 4.78 is 0. The first-order valence-electron chi connectivity index (χ1n) is 6.34. The quantitative estimate of drug-likeness (QED) is 0.501. The molecule has 0 saturated heterocycles. The van der Waals surface area contributed by atoms with Gasteiger partial charge in [-0.05, 0) is 56.3 Å². The van der Waals surface area contributed by atoms with Gasteiger partial charge in [-0.1, -0.05) is 37.6 Å². The van der Waals surface area contributed by atoms with Crippen LogP contribution >= 0.6 is 0 Å². The standard InChI is InChI=1S/C15H24/c1-11-6-5-7-12(2)13-10-15(3,4)14(13)9-8-11/h6,13-14H,2,5,7-10H2,1,3-4H3/b11-6-/t13-,14+/m1/s1. The number of fused-ring (bicyclic) bond motifs is 1. The van der Waals surface area contributed by atoms with Crippen molar-refractivity contribution in [1.82, 2.24) is 0 Å². The molecular formula is C15H24. The molecule has 0 N–H and O–H groups in total. The first-order chi connectivity index (χ1) is 7.00. The number of hydrogen-bond donors (Lipinski definition) is 0. The summed E-state index contributed by atoms with van der Waals surface area (Å²) in [6.07, 6.45) is 8.90. The molecule has 0 aliphatic heterocycles. The van der Waals surface area contributed by atoms with Gasteiger partial charge in [-0.3, -0.25) is 0 Å². The predicted octanol–water partition coefficient (Wildman–Crippen LogP) is 4.73. The number of allylic oxidation sites excluding steroid dienone is 3. The van der Waals surface area contributed by atoms with Gasteiger partial charge in [0.1, 0.15) is 0 Å². The van der Waals surface area contributed by atoms with E-state index >= 15 is 0 Å². The highest BCUT2D eigenvalue weighted by Crippen LogP contribution is 2.56. The van der Waals surface area contributed by atoms with Crippen LogP contribution in [0.5, 0.6) is 0 Å². The summed E-state index contributed by atoms with van der Waals surface area (Å²) >= 11 is 0. The van der Waals surface area contributed by atoms with Crippen LogP contribution in [0.1, 0.15) is 52.9 Å². The maximum atomic E-state index is 4.30. The average Bonchev–Trinajstić information content (AvgIpc) is 2.18. The molecule has 0 radical (unpaired) electrons. The average molecular weight is 204 g/mol. The fraction of sp³-hybridized carbons (Fsp3) is 0.733. The summed E-state index contributed by atoms with van der Waals surface area (Å²) in [4.78, 5) is 0. The van der Waals surface area contributed by atoms with Crippen molar-refractivity contribution in [2.24, 2.45) is 17.3 Å². The molecule has 0 amide bonds. The van der Waals surface area contributed by atoms with Crippen LogP contribution in [0.3, 0.4) is 0 Å². The molecule has 84 valence electrons. The molecule has 0 bridgehead atoms. The highest BCUT2D eigenvalue weighted by molar-refractivity contribution is 5.16. The van der Waals surface area contributed by atoms with Crippen molar-refractivity contribution in [3.63, 3.8) is 0 Å². The van der Waals surface area contributed by atoms with E-state index in [9.17, 15) is 0 Å². The third kappa shape index (κ3) is 2.04. The minimum absolute atomic E-state index is 0.568. The van der Waals surface area contributed by atoms with Crippen LogP contribution in [-0.2, 0) is 0 Å². The van der Waals surface area contributed by atoms with Crippen molar-refractivity contribution < 1.29 is 0 Å². The van der Waals surface area contributed by atoms with Crippen molar-refractivity contribution in [3.05, 3.63) is 23.8 Å². The molecule has 0 aromatic carbocycles. The number of rotatable bonds is 0. The van der Waals surface area contributed by atoms with Gasteiger partial charge in [0, 0.05) is 0 Å². The van der Waals surface area contributed by atoms with E-state index in [4.69, 9.17) is 0 Å². The zero-order chi connectivity index (χ0) is 11.1. The molecule has 0 aromatic heterocycles. The molecule has 1 saturated carbocycles. The van der Waals surface area contributed by atoms with E-state index in [2.05, 4.69) is 33.4 Å². The second-order valence-corrected chi connectivity index (χ2v) is 6.19. The van der Waals surface area contributed by atoms with E-state index in [0.717, 1.165) is 11.8 Å². The van der Waals surface area contributed by atoms with Crippen molar-refractivity contribution in [3.8, 4) is 0 Å². The SMILES string of the molecule is C=C1CC/C=C(/C)CC[C@H]2[C@@H]1CC2(C)C. The summed E-state index contributed by atoms with van der Waals surface area (Å²) in [5.41, 5.74) is 3.68. The minimum Gasteiger partial charge on any atom is -0.0996 e. The maximum Gasteiger partial charge on any atom is -0.0167 e. The van der Waals surface area contributed by atoms with Gasteiger partial charge in [-0.25, -0.2) is 0 Å². The lowest BCUT2D eigenvalue weighted by molar-refractivity contribution is 0.00384. The number of hydrogen-bond acceptors (Lipinski definition) is 0. The van der Waals surface area contributed by atoms with E-state index in [1.54, 1.807) is 5.57 Å². The van der Waals surface area contributed by atoms with Crippen LogP contribution in [0.25, 0.3) is 0 Å². The Balaban J connectivity index is 2.12. The molecule has 0 unspecified atom stereocenters. The summed E-state index contributed by atoms with van der Waals surface area (Å²) in [6, 6.07) is 0. The molecule has 0 spiro atoms. The molecule has 0 nitrogen and oxygen atoms in total. The lowest BCUT2D eigenvalue weighted by atomic mass is 9.52. The van der Waals surface area contributed by atoms with E-state index in [1.807, 2.05) is 0 Å². The van der Waals surface area contributed by atoms with Gasteiger partial charge in [-0.15, -0.1) is 0 Å². The molecule has 2 atom stereocenters. The third-order valence-corrected chi connectivity index (χ3v) is 4.57. The molecule has 2 rings (SSSR count). The van der Waals surface area contributed by atoms with E-state index < -0.39 is 0 Å². The monoisotopic (exact) mass is 204 g/mol. The molecule has 1 fully saturated rings. The summed E-state index contributed by atoms with van der Waals surface area (Å²) in [7, 11) is 0. The molecule has 2 aliphatic rings. The minimum atomic E-state index is 0.568. The maximum absolute atomic E-state index is 4.30. The Bertz CT molecular complexity index is 293. The Morgan fingerprint density at radius 3 is 2.73 bits per heavy atom. The van der Waals surface area contributed by atoms with Gasteiger partial charge in [-0.2, -0.15) is 0 Å².